The Balaban J connectivity index is 1.45. The maximum absolute atomic E-state index is 14.9. The van der Waals surface area contributed by atoms with Gasteiger partial charge in [0.25, 0.3) is 0 Å². The van der Waals surface area contributed by atoms with E-state index in [-0.39, 0.29) is 28.8 Å². The summed E-state index contributed by atoms with van der Waals surface area (Å²) in [6.07, 6.45) is 4.80. The Morgan fingerprint density at radius 3 is 2.87 bits per heavy atom. The second kappa shape index (κ2) is 7.05. The monoisotopic (exact) mass is 410 g/mol. The second-order valence-corrected chi connectivity index (χ2v) is 8.23. The van der Waals surface area contributed by atoms with Crippen LogP contribution in [0.15, 0.2) is 39.8 Å². The third kappa shape index (κ3) is 3.02. The minimum atomic E-state index is -0.953. The number of hydrogen-bond donors (Lipinski definition) is 2. The highest BCUT2D eigenvalue weighted by atomic mass is 19.1. The summed E-state index contributed by atoms with van der Waals surface area (Å²) in [5.74, 6) is 0.845. The third-order valence-corrected chi connectivity index (χ3v) is 6.32. The van der Waals surface area contributed by atoms with Crippen LogP contribution in [0.4, 0.5) is 10.2 Å². The largest absolute Gasteiger partial charge is 0.504 e. The molecule has 0 amide bonds. The number of halogens is 1. The van der Waals surface area contributed by atoms with Gasteiger partial charge in [-0.1, -0.05) is 0 Å². The molecule has 4 heterocycles. The van der Waals surface area contributed by atoms with Crippen LogP contribution in [0.25, 0.3) is 22.2 Å². The van der Waals surface area contributed by atoms with Crippen molar-refractivity contribution in [2.24, 2.45) is 0 Å². The van der Waals surface area contributed by atoms with E-state index in [0.29, 0.717) is 34.3 Å². The van der Waals surface area contributed by atoms with Crippen LogP contribution in [-0.2, 0) is 0 Å². The van der Waals surface area contributed by atoms with Crippen LogP contribution in [0, 0.1) is 6.92 Å². The molecule has 0 aliphatic carbocycles. The molecule has 1 aromatic carbocycles. The van der Waals surface area contributed by atoms with Gasteiger partial charge < -0.3 is 19.7 Å². The first kappa shape index (κ1) is 19.0. The quantitative estimate of drug-likeness (QED) is 0.686. The van der Waals surface area contributed by atoms with Crippen LogP contribution in [-0.4, -0.2) is 46.4 Å². The SMILES string of the molecule is Cc1cc(=O)c2ccc(-c3cnc(N(C)[C@@H]4CC5CCC(N5)[C@@H]4F)cn3)c(O)c2o1. The van der Waals surface area contributed by atoms with E-state index in [1.807, 2.05) is 11.9 Å². The molecule has 2 aliphatic rings. The van der Waals surface area contributed by atoms with E-state index in [0.717, 1.165) is 19.3 Å². The van der Waals surface area contributed by atoms with E-state index in [1.54, 1.807) is 31.5 Å². The third-order valence-electron chi connectivity index (χ3n) is 6.32. The van der Waals surface area contributed by atoms with Crippen molar-refractivity contribution in [1.82, 2.24) is 15.3 Å². The molecule has 2 aliphatic heterocycles. The topological polar surface area (TPSA) is 91.5 Å². The zero-order valence-corrected chi connectivity index (χ0v) is 16.8. The van der Waals surface area contributed by atoms with E-state index in [4.69, 9.17) is 4.42 Å². The lowest BCUT2D eigenvalue weighted by molar-refractivity contribution is 0.176. The Bertz CT molecular complexity index is 1160. The average Bonchev–Trinajstić information content (AvgIpc) is 3.15. The van der Waals surface area contributed by atoms with Gasteiger partial charge in [-0.2, -0.15) is 0 Å². The number of nitrogens with one attached hydrogen (secondary N) is 1. The Morgan fingerprint density at radius 1 is 1.27 bits per heavy atom. The summed E-state index contributed by atoms with van der Waals surface area (Å²) in [4.78, 5) is 22.9. The first-order valence-corrected chi connectivity index (χ1v) is 10.1. The van der Waals surface area contributed by atoms with Gasteiger partial charge in [0.1, 0.15) is 17.7 Å². The van der Waals surface area contributed by atoms with Gasteiger partial charge in [0, 0.05) is 30.8 Å². The number of benzene rings is 1. The van der Waals surface area contributed by atoms with Gasteiger partial charge in [-0.15, -0.1) is 0 Å². The standard InChI is InChI=1S/C22H23FN4O3/c1-11-7-18(28)14-5-4-13(21(29)22(14)30-11)16-9-25-19(10-24-16)27(2)17-8-12-3-6-15(26-12)20(17)23/h4-5,7,9-10,12,15,17,20,26,29H,3,6,8H2,1-2H3/t12?,15?,17-,20+/m1/s1. The molecule has 0 spiro atoms. The van der Waals surface area contributed by atoms with Gasteiger partial charge in [0.05, 0.1) is 29.5 Å². The Kier molecular flexibility index (Phi) is 4.47. The molecule has 2 unspecified atom stereocenters. The predicted molar refractivity (Wildman–Crippen MR) is 112 cm³/mol. The van der Waals surface area contributed by atoms with Gasteiger partial charge in [0.15, 0.2) is 16.8 Å². The molecule has 2 fully saturated rings. The second-order valence-electron chi connectivity index (χ2n) is 8.23. The Labute approximate surface area is 172 Å². The van der Waals surface area contributed by atoms with E-state index in [9.17, 15) is 14.3 Å². The van der Waals surface area contributed by atoms with Crippen molar-refractivity contribution in [2.75, 3.05) is 11.9 Å². The van der Waals surface area contributed by atoms with Crippen molar-refractivity contribution in [3.8, 4) is 17.0 Å². The summed E-state index contributed by atoms with van der Waals surface area (Å²) in [6, 6.07) is 4.65. The number of alkyl halides is 1. The highest BCUT2D eigenvalue weighted by molar-refractivity contribution is 5.89. The number of rotatable bonds is 3. The molecule has 2 N–H and O–H groups in total. The molecule has 7 nitrogen and oxygen atoms in total. The molecule has 4 atom stereocenters. The number of piperidine rings is 1. The lowest BCUT2D eigenvalue weighted by Gasteiger charge is -2.38. The number of aromatic hydroxyl groups is 1. The summed E-state index contributed by atoms with van der Waals surface area (Å²) < 4.78 is 20.4. The van der Waals surface area contributed by atoms with Crippen LogP contribution < -0.4 is 15.6 Å². The Hall–Kier alpha value is -3.00. The maximum Gasteiger partial charge on any atom is 0.193 e. The van der Waals surface area contributed by atoms with E-state index < -0.39 is 6.17 Å². The van der Waals surface area contributed by atoms with Gasteiger partial charge >= 0.3 is 0 Å². The van der Waals surface area contributed by atoms with Crippen molar-refractivity contribution in [3.05, 3.63) is 46.6 Å². The van der Waals surface area contributed by atoms with Crippen molar-refractivity contribution >= 4 is 16.8 Å². The summed E-state index contributed by atoms with van der Waals surface area (Å²) >= 11 is 0. The molecule has 0 saturated carbocycles. The van der Waals surface area contributed by atoms with Crippen LogP contribution >= 0.6 is 0 Å². The van der Waals surface area contributed by atoms with Crippen LogP contribution in [0.2, 0.25) is 0 Å². The molecule has 30 heavy (non-hydrogen) atoms. The lowest BCUT2D eigenvalue weighted by Crippen LogP contribution is -2.55. The highest BCUT2D eigenvalue weighted by Crippen LogP contribution is 2.35. The molecule has 2 saturated heterocycles. The molecule has 5 rings (SSSR count). The number of aromatic nitrogens is 2. The van der Waals surface area contributed by atoms with Gasteiger partial charge in [-0.3, -0.25) is 9.78 Å². The molecule has 3 aromatic rings. The number of anilines is 1. The first-order chi connectivity index (χ1) is 14.4. The molecule has 156 valence electrons. The fraction of sp³-hybridized carbons (Fsp3) is 0.409. The number of fused-ring (bicyclic) bond motifs is 3. The molecule has 8 heteroatoms. The highest BCUT2D eigenvalue weighted by Gasteiger charge is 2.43. The zero-order valence-electron chi connectivity index (χ0n) is 16.8. The van der Waals surface area contributed by atoms with Crippen molar-refractivity contribution in [1.29, 1.82) is 0 Å². The fourth-order valence-electron chi connectivity index (χ4n) is 4.69. The van der Waals surface area contributed by atoms with E-state index >= 15 is 0 Å². The van der Waals surface area contributed by atoms with E-state index in [1.165, 1.54) is 6.07 Å². The number of aryl methyl sites for hydroxylation is 1. The van der Waals surface area contributed by atoms with Crippen LogP contribution in [0.5, 0.6) is 5.75 Å². The first-order valence-electron chi connectivity index (χ1n) is 10.1. The van der Waals surface area contributed by atoms with Crippen LogP contribution in [0.1, 0.15) is 25.0 Å². The summed E-state index contributed by atoms with van der Waals surface area (Å²) in [6.45, 7) is 1.66. The smallest absolute Gasteiger partial charge is 0.193 e. The minimum Gasteiger partial charge on any atom is -0.504 e. The summed E-state index contributed by atoms with van der Waals surface area (Å²) in [5.41, 5.74) is 0.778. The maximum atomic E-state index is 14.9. The zero-order chi connectivity index (χ0) is 21.0. The normalized spacial score (nSPS) is 25.6. The Morgan fingerprint density at radius 2 is 2.10 bits per heavy atom. The molecule has 2 aromatic heterocycles. The van der Waals surface area contributed by atoms with Crippen LogP contribution in [0.3, 0.4) is 0 Å². The van der Waals surface area contributed by atoms with E-state index in [2.05, 4.69) is 15.3 Å². The predicted octanol–water partition coefficient (Wildman–Crippen LogP) is 2.93. The molecule has 0 radical (unpaired) electrons. The fourth-order valence-corrected chi connectivity index (χ4v) is 4.69. The average molecular weight is 410 g/mol. The van der Waals surface area contributed by atoms with Crippen molar-refractivity contribution < 1.29 is 13.9 Å². The van der Waals surface area contributed by atoms with Crippen molar-refractivity contribution in [3.63, 3.8) is 0 Å². The van der Waals surface area contributed by atoms with Gasteiger partial charge in [-0.05, 0) is 38.3 Å². The summed E-state index contributed by atoms with van der Waals surface area (Å²) in [5, 5.41) is 14.3. The summed E-state index contributed by atoms with van der Waals surface area (Å²) in [7, 11) is 1.84. The molecule has 2 bridgehead atoms. The number of phenols is 1. The minimum absolute atomic E-state index is 0.0870. The lowest BCUT2D eigenvalue weighted by atomic mass is 9.96. The molecular weight excluding hydrogens is 387 g/mol. The van der Waals surface area contributed by atoms with Crippen molar-refractivity contribution in [2.45, 2.75) is 50.5 Å². The molecular formula is C22H23FN4O3. The number of nitrogens with zero attached hydrogens (tertiary/aromatic N) is 3. The van der Waals surface area contributed by atoms with Gasteiger partial charge in [-0.25, -0.2) is 9.37 Å². The number of hydrogen-bond acceptors (Lipinski definition) is 7. The van der Waals surface area contributed by atoms with Gasteiger partial charge in [0.2, 0.25) is 0 Å². The number of phenolic OH excluding ortho intramolecular Hbond substituents is 1.